The zero-order valence-corrected chi connectivity index (χ0v) is 11.4. The lowest BCUT2D eigenvalue weighted by Gasteiger charge is -2.09. The van der Waals surface area contributed by atoms with Gasteiger partial charge in [-0.05, 0) is 30.4 Å². The van der Waals surface area contributed by atoms with Gasteiger partial charge < -0.3 is 4.57 Å². The average molecular weight is 251 g/mol. The van der Waals surface area contributed by atoms with Crippen molar-refractivity contribution in [3.63, 3.8) is 0 Å². The molecule has 0 aliphatic carbocycles. The molecular formula is C14H18FNS. The van der Waals surface area contributed by atoms with Crippen LogP contribution in [0.4, 0.5) is 4.39 Å². The Kier molecular flexibility index (Phi) is 3.77. The maximum absolute atomic E-state index is 13.7. The van der Waals surface area contributed by atoms with Crippen molar-refractivity contribution in [3.05, 3.63) is 35.8 Å². The van der Waals surface area contributed by atoms with Crippen molar-refractivity contribution in [3.8, 4) is 0 Å². The van der Waals surface area contributed by atoms with Gasteiger partial charge >= 0.3 is 0 Å². The zero-order chi connectivity index (χ0) is 12.4. The molecule has 3 heteroatoms. The third-order valence-corrected chi connectivity index (χ3v) is 3.99. The Morgan fingerprint density at radius 2 is 2.12 bits per heavy atom. The van der Waals surface area contributed by atoms with Gasteiger partial charge in [-0.1, -0.05) is 19.9 Å². The van der Waals surface area contributed by atoms with Gasteiger partial charge in [-0.25, -0.2) is 4.39 Å². The van der Waals surface area contributed by atoms with Crippen molar-refractivity contribution in [2.75, 3.05) is 0 Å². The molecule has 1 aromatic carbocycles. The molecule has 17 heavy (non-hydrogen) atoms. The summed E-state index contributed by atoms with van der Waals surface area (Å²) in [5.41, 5.74) is 2.22. The fraction of sp³-hybridized carbons (Fsp3) is 0.429. The fourth-order valence-corrected chi connectivity index (χ4v) is 2.79. The number of thioether (sulfide) groups is 1. The molecule has 0 radical (unpaired) electrons. The Morgan fingerprint density at radius 1 is 1.35 bits per heavy atom. The van der Waals surface area contributed by atoms with Crippen LogP contribution < -0.4 is 0 Å². The van der Waals surface area contributed by atoms with E-state index in [9.17, 15) is 4.39 Å². The van der Waals surface area contributed by atoms with Crippen LogP contribution in [0.3, 0.4) is 0 Å². The summed E-state index contributed by atoms with van der Waals surface area (Å²) in [6.07, 6.45) is 0. The van der Waals surface area contributed by atoms with Crippen LogP contribution in [0.5, 0.6) is 0 Å². The number of hydrogen-bond donors (Lipinski definition) is 0. The van der Waals surface area contributed by atoms with Gasteiger partial charge in [0.1, 0.15) is 5.82 Å². The molecule has 0 atom stereocenters. The molecule has 0 N–H and O–H groups in total. The second-order valence-electron chi connectivity index (χ2n) is 4.41. The SMILES string of the molecule is CCn1c(CSC(C)C)cc2c(F)cccc21. The average Bonchev–Trinajstić information content (AvgIpc) is 2.65. The molecule has 0 aliphatic heterocycles. The van der Waals surface area contributed by atoms with Gasteiger partial charge in [-0.15, -0.1) is 0 Å². The molecule has 0 fully saturated rings. The van der Waals surface area contributed by atoms with Crippen molar-refractivity contribution in [1.82, 2.24) is 4.57 Å². The van der Waals surface area contributed by atoms with Crippen LogP contribution in [0, 0.1) is 5.82 Å². The molecule has 0 saturated heterocycles. The van der Waals surface area contributed by atoms with Crippen LogP contribution in [0.25, 0.3) is 10.9 Å². The number of hydrogen-bond acceptors (Lipinski definition) is 1. The summed E-state index contributed by atoms with van der Waals surface area (Å²) in [6.45, 7) is 7.36. The highest BCUT2D eigenvalue weighted by molar-refractivity contribution is 7.99. The van der Waals surface area contributed by atoms with E-state index in [1.807, 2.05) is 23.9 Å². The Hall–Kier alpha value is -0.960. The first kappa shape index (κ1) is 12.5. The van der Waals surface area contributed by atoms with Gasteiger partial charge in [0.25, 0.3) is 0 Å². The van der Waals surface area contributed by atoms with Crippen molar-refractivity contribution >= 4 is 22.7 Å². The van der Waals surface area contributed by atoms with Gasteiger partial charge in [0.2, 0.25) is 0 Å². The number of nitrogens with zero attached hydrogens (tertiary/aromatic N) is 1. The van der Waals surface area contributed by atoms with Crippen LogP contribution in [-0.4, -0.2) is 9.82 Å². The predicted molar refractivity (Wildman–Crippen MR) is 74.0 cm³/mol. The van der Waals surface area contributed by atoms with E-state index in [1.54, 1.807) is 6.07 Å². The molecule has 1 nitrogen and oxygen atoms in total. The number of aromatic nitrogens is 1. The summed E-state index contributed by atoms with van der Waals surface area (Å²) in [7, 11) is 0. The zero-order valence-electron chi connectivity index (χ0n) is 10.5. The molecular weight excluding hydrogens is 233 g/mol. The highest BCUT2D eigenvalue weighted by Crippen LogP contribution is 2.26. The minimum Gasteiger partial charge on any atom is -0.344 e. The van der Waals surface area contributed by atoms with Gasteiger partial charge in [-0.3, -0.25) is 0 Å². The van der Waals surface area contributed by atoms with Crippen LogP contribution >= 0.6 is 11.8 Å². The number of benzene rings is 1. The normalized spacial score (nSPS) is 11.6. The summed E-state index contributed by atoms with van der Waals surface area (Å²) in [5, 5.41) is 1.34. The molecule has 0 amide bonds. The molecule has 0 spiro atoms. The first-order valence-electron chi connectivity index (χ1n) is 6.01. The minimum absolute atomic E-state index is 0.120. The maximum atomic E-state index is 13.7. The van der Waals surface area contributed by atoms with E-state index in [-0.39, 0.29) is 5.82 Å². The maximum Gasteiger partial charge on any atom is 0.132 e. The topological polar surface area (TPSA) is 4.93 Å². The quantitative estimate of drug-likeness (QED) is 0.777. The van der Waals surface area contributed by atoms with Crippen LogP contribution in [-0.2, 0) is 12.3 Å². The van der Waals surface area contributed by atoms with Gasteiger partial charge in [0, 0.05) is 23.4 Å². The first-order valence-corrected chi connectivity index (χ1v) is 7.06. The fourth-order valence-electron chi connectivity index (χ4n) is 2.05. The van der Waals surface area contributed by atoms with Crippen LogP contribution in [0.2, 0.25) is 0 Å². The lowest BCUT2D eigenvalue weighted by atomic mass is 10.2. The third-order valence-electron chi connectivity index (χ3n) is 2.86. The van der Waals surface area contributed by atoms with Crippen molar-refractivity contribution in [2.24, 2.45) is 0 Å². The minimum atomic E-state index is -0.120. The smallest absolute Gasteiger partial charge is 0.132 e. The van der Waals surface area contributed by atoms with Crippen molar-refractivity contribution < 1.29 is 4.39 Å². The summed E-state index contributed by atoms with van der Waals surface area (Å²) < 4.78 is 15.9. The second kappa shape index (κ2) is 5.13. The predicted octanol–water partition coefficient (Wildman–Crippen LogP) is 4.44. The Balaban J connectivity index is 2.44. The number of halogens is 1. The standard InChI is InChI=1S/C14H18FNS/c1-4-16-11(9-17-10(2)3)8-12-13(15)6-5-7-14(12)16/h5-8,10H,4,9H2,1-3H3. The summed E-state index contributed by atoms with van der Waals surface area (Å²) >= 11 is 1.89. The lowest BCUT2D eigenvalue weighted by Crippen LogP contribution is -2.00. The number of fused-ring (bicyclic) bond motifs is 1. The lowest BCUT2D eigenvalue weighted by molar-refractivity contribution is 0.639. The molecule has 0 aliphatic rings. The second-order valence-corrected chi connectivity index (χ2v) is 5.98. The number of aryl methyl sites for hydroxylation is 1. The first-order chi connectivity index (χ1) is 8.13. The van der Waals surface area contributed by atoms with Gasteiger partial charge in [0.15, 0.2) is 0 Å². The molecule has 0 unspecified atom stereocenters. The van der Waals surface area contributed by atoms with Crippen LogP contribution in [0.15, 0.2) is 24.3 Å². The van der Waals surface area contributed by atoms with Crippen molar-refractivity contribution in [1.29, 1.82) is 0 Å². The van der Waals surface area contributed by atoms with Gasteiger partial charge in [-0.2, -0.15) is 11.8 Å². The molecule has 92 valence electrons. The highest BCUT2D eigenvalue weighted by atomic mass is 32.2. The van der Waals surface area contributed by atoms with E-state index in [0.717, 1.165) is 23.2 Å². The molecule has 1 aromatic heterocycles. The van der Waals surface area contributed by atoms with Gasteiger partial charge in [0.05, 0.1) is 5.52 Å². The van der Waals surface area contributed by atoms with E-state index >= 15 is 0 Å². The van der Waals surface area contributed by atoms with E-state index in [0.29, 0.717) is 5.25 Å². The van der Waals surface area contributed by atoms with Crippen molar-refractivity contribution in [2.45, 2.75) is 38.3 Å². The summed E-state index contributed by atoms with van der Waals surface area (Å²) in [4.78, 5) is 0. The Morgan fingerprint density at radius 3 is 2.76 bits per heavy atom. The summed E-state index contributed by atoms with van der Waals surface area (Å²) in [6, 6.07) is 7.29. The molecule has 2 rings (SSSR count). The third kappa shape index (κ3) is 2.49. The molecule has 1 heterocycles. The molecule has 0 saturated carbocycles. The monoisotopic (exact) mass is 251 g/mol. The van der Waals surface area contributed by atoms with E-state index in [4.69, 9.17) is 0 Å². The van der Waals surface area contributed by atoms with E-state index < -0.39 is 0 Å². The Labute approximate surface area is 106 Å². The van der Waals surface area contributed by atoms with E-state index in [1.165, 1.54) is 11.8 Å². The highest BCUT2D eigenvalue weighted by Gasteiger charge is 2.10. The molecule has 2 aromatic rings. The molecule has 0 bridgehead atoms. The van der Waals surface area contributed by atoms with E-state index in [2.05, 4.69) is 25.3 Å². The summed E-state index contributed by atoms with van der Waals surface area (Å²) in [5.74, 6) is 0.824. The Bertz CT molecular complexity index is 516. The largest absolute Gasteiger partial charge is 0.344 e. The number of rotatable bonds is 4. The van der Waals surface area contributed by atoms with Crippen LogP contribution in [0.1, 0.15) is 26.5 Å².